The fourth-order valence-electron chi connectivity index (χ4n) is 1.67. The molecule has 102 valence electrons. The summed E-state index contributed by atoms with van der Waals surface area (Å²) < 4.78 is 4.89. The standard InChI is InChI=1S/C14H12N2O4/c1-20-14(18)12-11(8-5-9-16(12)19)15-13(17)10-6-3-2-4-7-10/h2-9H,1H3,(H,15,17). The third-order valence-electron chi connectivity index (χ3n) is 2.62. The van der Waals surface area contributed by atoms with E-state index in [0.717, 1.165) is 13.3 Å². The molecule has 0 bridgehead atoms. The predicted molar refractivity (Wildman–Crippen MR) is 71.1 cm³/mol. The molecule has 0 saturated carbocycles. The first kappa shape index (κ1) is 13.5. The highest BCUT2D eigenvalue weighted by Crippen LogP contribution is 2.13. The summed E-state index contributed by atoms with van der Waals surface area (Å²) in [6.07, 6.45) is 1.16. The third kappa shape index (κ3) is 2.74. The maximum atomic E-state index is 12.0. The summed E-state index contributed by atoms with van der Waals surface area (Å²) in [5, 5.41) is 14.1. The Labute approximate surface area is 115 Å². The van der Waals surface area contributed by atoms with Crippen molar-refractivity contribution in [2.24, 2.45) is 0 Å². The first-order valence-corrected chi connectivity index (χ1v) is 5.80. The molecule has 1 amide bonds. The Hall–Kier alpha value is -2.89. The lowest BCUT2D eigenvalue weighted by Crippen LogP contribution is -2.36. The lowest BCUT2D eigenvalue weighted by atomic mass is 10.2. The number of nitrogens with one attached hydrogen (secondary N) is 1. The van der Waals surface area contributed by atoms with Gasteiger partial charge in [-0.1, -0.05) is 18.2 Å². The van der Waals surface area contributed by atoms with Gasteiger partial charge in [-0.25, -0.2) is 4.79 Å². The minimum Gasteiger partial charge on any atom is -0.618 e. The second-order valence-corrected chi connectivity index (χ2v) is 3.91. The molecule has 1 aromatic heterocycles. The fourth-order valence-corrected chi connectivity index (χ4v) is 1.67. The fraction of sp³-hybridized carbons (Fsp3) is 0.0714. The topological polar surface area (TPSA) is 82.3 Å². The Morgan fingerprint density at radius 3 is 2.50 bits per heavy atom. The third-order valence-corrected chi connectivity index (χ3v) is 2.62. The lowest BCUT2D eigenvalue weighted by molar-refractivity contribution is -0.607. The van der Waals surface area contributed by atoms with Crippen LogP contribution in [0.5, 0.6) is 0 Å². The highest BCUT2D eigenvalue weighted by Gasteiger charge is 2.23. The van der Waals surface area contributed by atoms with Gasteiger partial charge in [0, 0.05) is 11.6 Å². The van der Waals surface area contributed by atoms with Gasteiger partial charge in [-0.3, -0.25) is 4.79 Å². The number of carbonyl (C=O) groups is 2. The van der Waals surface area contributed by atoms with Crippen LogP contribution in [0, 0.1) is 5.21 Å². The minimum absolute atomic E-state index is 0.100. The molecule has 1 heterocycles. The number of carbonyl (C=O) groups excluding carboxylic acids is 2. The molecule has 1 aromatic carbocycles. The van der Waals surface area contributed by atoms with Crippen LogP contribution in [0.15, 0.2) is 48.7 Å². The normalized spacial score (nSPS) is 9.85. The van der Waals surface area contributed by atoms with E-state index in [0.29, 0.717) is 10.3 Å². The van der Waals surface area contributed by atoms with Crippen LogP contribution in [0.4, 0.5) is 5.69 Å². The Balaban J connectivity index is 2.32. The van der Waals surface area contributed by atoms with Crippen LogP contribution in [0.3, 0.4) is 0 Å². The summed E-state index contributed by atoms with van der Waals surface area (Å²) in [6, 6.07) is 11.4. The molecule has 0 radical (unpaired) electrons. The molecular formula is C14H12N2O4. The summed E-state index contributed by atoms with van der Waals surface area (Å²) in [4.78, 5) is 23.6. The van der Waals surface area contributed by atoms with Gasteiger partial charge in [0.25, 0.3) is 5.91 Å². The largest absolute Gasteiger partial charge is 0.618 e. The average Bonchev–Trinajstić information content (AvgIpc) is 2.47. The molecule has 0 unspecified atom stereocenters. The number of hydrogen-bond acceptors (Lipinski definition) is 4. The highest BCUT2D eigenvalue weighted by molar-refractivity contribution is 6.06. The number of hydrogen-bond donors (Lipinski definition) is 1. The van der Waals surface area contributed by atoms with Gasteiger partial charge in [0.1, 0.15) is 5.69 Å². The Morgan fingerprint density at radius 2 is 1.85 bits per heavy atom. The van der Waals surface area contributed by atoms with Crippen LogP contribution in [0.1, 0.15) is 20.8 Å². The smallest absolute Gasteiger partial charge is 0.407 e. The average molecular weight is 272 g/mol. The molecule has 0 aliphatic rings. The van der Waals surface area contributed by atoms with E-state index in [1.807, 2.05) is 0 Å². The number of benzene rings is 1. The number of anilines is 1. The lowest BCUT2D eigenvalue weighted by Gasteiger charge is -2.09. The van der Waals surface area contributed by atoms with Gasteiger partial charge < -0.3 is 15.3 Å². The molecule has 0 atom stereocenters. The quantitative estimate of drug-likeness (QED) is 0.519. The van der Waals surface area contributed by atoms with Gasteiger partial charge in [-0.15, -0.1) is 0 Å². The van der Waals surface area contributed by atoms with Crippen LogP contribution in [0.25, 0.3) is 0 Å². The molecule has 0 aliphatic heterocycles. The molecular weight excluding hydrogens is 260 g/mol. The summed E-state index contributed by atoms with van der Waals surface area (Å²) in [7, 11) is 1.16. The van der Waals surface area contributed by atoms with Crippen molar-refractivity contribution in [1.29, 1.82) is 0 Å². The van der Waals surface area contributed by atoms with E-state index in [1.165, 1.54) is 12.1 Å². The van der Waals surface area contributed by atoms with Crippen molar-refractivity contribution in [1.82, 2.24) is 0 Å². The molecule has 0 aliphatic carbocycles. The zero-order valence-corrected chi connectivity index (χ0v) is 10.7. The van der Waals surface area contributed by atoms with Crippen molar-refractivity contribution in [2.45, 2.75) is 0 Å². The van der Waals surface area contributed by atoms with E-state index in [1.54, 1.807) is 30.3 Å². The van der Waals surface area contributed by atoms with Crippen LogP contribution < -0.4 is 10.0 Å². The predicted octanol–water partition coefficient (Wildman–Crippen LogP) is 1.36. The van der Waals surface area contributed by atoms with Crippen LogP contribution in [-0.2, 0) is 4.74 Å². The van der Waals surface area contributed by atoms with Gasteiger partial charge in [0.15, 0.2) is 6.20 Å². The van der Waals surface area contributed by atoms with Crippen molar-refractivity contribution >= 4 is 17.6 Å². The molecule has 0 saturated heterocycles. The van der Waals surface area contributed by atoms with E-state index >= 15 is 0 Å². The van der Waals surface area contributed by atoms with Gasteiger partial charge in [0.05, 0.1) is 7.11 Å². The molecule has 0 spiro atoms. The van der Waals surface area contributed by atoms with E-state index in [4.69, 9.17) is 0 Å². The van der Waals surface area contributed by atoms with Crippen molar-refractivity contribution in [3.8, 4) is 0 Å². The van der Waals surface area contributed by atoms with Crippen molar-refractivity contribution in [2.75, 3.05) is 12.4 Å². The minimum atomic E-state index is -0.816. The van der Waals surface area contributed by atoms with E-state index in [-0.39, 0.29) is 11.4 Å². The molecule has 2 aromatic rings. The first-order valence-electron chi connectivity index (χ1n) is 5.80. The zero-order valence-electron chi connectivity index (χ0n) is 10.7. The number of nitrogens with zero attached hydrogens (tertiary/aromatic N) is 1. The number of rotatable bonds is 3. The van der Waals surface area contributed by atoms with E-state index in [9.17, 15) is 14.8 Å². The maximum Gasteiger partial charge on any atom is 0.407 e. The van der Waals surface area contributed by atoms with Crippen molar-refractivity contribution in [3.05, 3.63) is 65.1 Å². The Kier molecular flexibility index (Phi) is 3.95. The maximum absolute atomic E-state index is 12.0. The van der Waals surface area contributed by atoms with Gasteiger partial charge >= 0.3 is 11.7 Å². The number of esters is 1. The highest BCUT2D eigenvalue weighted by atomic mass is 16.5. The zero-order chi connectivity index (χ0) is 14.5. The van der Waals surface area contributed by atoms with Gasteiger partial charge in [-0.05, 0) is 18.2 Å². The Bertz CT molecular complexity index is 641. The second kappa shape index (κ2) is 5.83. The SMILES string of the molecule is COC(=O)c1c(NC(=O)c2ccccc2)ccc[n+]1[O-]. The van der Waals surface area contributed by atoms with Gasteiger partial charge in [-0.2, -0.15) is 4.73 Å². The second-order valence-electron chi connectivity index (χ2n) is 3.91. The molecule has 20 heavy (non-hydrogen) atoms. The number of ether oxygens (including phenoxy) is 1. The molecule has 0 fully saturated rings. The number of amides is 1. The van der Waals surface area contributed by atoms with E-state index in [2.05, 4.69) is 10.1 Å². The van der Waals surface area contributed by atoms with Crippen molar-refractivity contribution in [3.63, 3.8) is 0 Å². The number of pyridine rings is 1. The van der Waals surface area contributed by atoms with E-state index < -0.39 is 11.9 Å². The number of methoxy groups -OCH3 is 1. The molecule has 2 rings (SSSR count). The summed E-state index contributed by atoms with van der Waals surface area (Å²) in [5.41, 5.74) is 0.257. The summed E-state index contributed by atoms with van der Waals surface area (Å²) in [5.74, 6) is -1.23. The summed E-state index contributed by atoms with van der Waals surface area (Å²) in [6.45, 7) is 0. The van der Waals surface area contributed by atoms with Crippen molar-refractivity contribution < 1.29 is 19.1 Å². The first-order chi connectivity index (χ1) is 9.63. The monoisotopic (exact) mass is 272 g/mol. The van der Waals surface area contributed by atoms with Crippen LogP contribution in [-0.4, -0.2) is 19.0 Å². The molecule has 6 nitrogen and oxygen atoms in total. The van der Waals surface area contributed by atoms with Crippen LogP contribution >= 0.6 is 0 Å². The molecule has 6 heteroatoms. The Morgan fingerprint density at radius 1 is 1.15 bits per heavy atom. The number of aromatic nitrogens is 1. The van der Waals surface area contributed by atoms with Gasteiger partial charge in [0.2, 0.25) is 0 Å². The molecule has 1 N–H and O–H groups in total. The summed E-state index contributed by atoms with van der Waals surface area (Å²) >= 11 is 0. The van der Waals surface area contributed by atoms with Crippen LogP contribution in [0.2, 0.25) is 0 Å².